The summed E-state index contributed by atoms with van der Waals surface area (Å²) in [4.78, 5) is 43.0. The van der Waals surface area contributed by atoms with Crippen molar-refractivity contribution in [3.05, 3.63) is 46.0 Å². The highest BCUT2D eigenvalue weighted by molar-refractivity contribution is 7.13. The molecule has 2 aliphatic rings. The molecule has 3 amide bonds. The van der Waals surface area contributed by atoms with Gasteiger partial charge in [-0.05, 0) is 29.9 Å². The number of aromatic nitrogens is 1. The van der Waals surface area contributed by atoms with Gasteiger partial charge in [0.15, 0.2) is 5.13 Å². The van der Waals surface area contributed by atoms with Gasteiger partial charge in [0, 0.05) is 36.5 Å². The number of anilines is 1. The van der Waals surface area contributed by atoms with Crippen molar-refractivity contribution in [2.24, 2.45) is 11.7 Å². The molecule has 0 aliphatic carbocycles. The molecule has 1 aromatic heterocycles. The number of imide groups is 1. The fourth-order valence-electron chi connectivity index (χ4n) is 4.17. The highest BCUT2D eigenvalue weighted by Gasteiger charge is 2.39. The lowest BCUT2D eigenvalue weighted by Gasteiger charge is -2.29. The van der Waals surface area contributed by atoms with Crippen LogP contribution >= 0.6 is 11.3 Å². The average Bonchev–Trinajstić information content (AvgIpc) is 3.31. The molecular formula is C22H27N5O3S. The predicted octanol–water partition coefficient (Wildman–Crippen LogP) is 2.56. The number of hydrogen-bond donors (Lipinski definition) is 3. The van der Waals surface area contributed by atoms with E-state index in [0.717, 1.165) is 28.4 Å². The smallest absolute Gasteiger partial charge is 0.255 e. The highest BCUT2D eigenvalue weighted by Crippen LogP contribution is 2.31. The summed E-state index contributed by atoms with van der Waals surface area (Å²) in [5.74, 6) is -0.351. The van der Waals surface area contributed by atoms with Crippen molar-refractivity contribution in [2.75, 3.05) is 5.32 Å². The molecule has 1 fully saturated rings. The number of carbonyl (C=O) groups excluding carboxylic acids is 3. The average molecular weight is 442 g/mol. The van der Waals surface area contributed by atoms with Gasteiger partial charge in [0.05, 0.1) is 5.69 Å². The fourth-order valence-corrected chi connectivity index (χ4v) is 4.95. The second-order valence-corrected chi connectivity index (χ2v) is 9.38. The minimum atomic E-state index is -0.609. The monoisotopic (exact) mass is 441 g/mol. The lowest BCUT2D eigenvalue weighted by atomic mass is 10.0. The maximum absolute atomic E-state index is 13.2. The highest BCUT2D eigenvalue weighted by atomic mass is 32.1. The van der Waals surface area contributed by atoms with E-state index in [-0.39, 0.29) is 24.3 Å². The molecule has 9 heteroatoms. The Bertz CT molecular complexity index is 1020. The zero-order valence-electron chi connectivity index (χ0n) is 17.7. The standard InChI is InChI=1S/C22H27N5O3S/c1-12(2)8-15(23)16-11-31-22(25-16)24-9-13-4-3-5-14-10-27(21(30)19(13)14)17-6-7-18(28)26-20(17)29/h3-5,11-12,15,17H,6-10,23H2,1-2H3,(H,24,25)(H,26,28,29)/t15-,17?/m0/s1. The van der Waals surface area contributed by atoms with Gasteiger partial charge < -0.3 is 16.0 Å². The van der Waals surface area contributed by atoms with E-state index in [4.69, 9.17) is 5.73 Å². The molecule has 8 nitrogen and oxygen atoms in total. The topological polar surface area (TPSA) is 117 Å². The Morgan fingerprint density at radius 2 is 2.13 bits per heavy atom. The number of carbonyl (C=O) groups is 3. The van der Waals surface area contributed by atoms with Crippen molar-refractivity contribution < 1.29 is 14.4 Å². The molecule has 1 unspecified atom stereocenters. The summed E-state index contributed by atoms with van der Waals surface area (Å²) in [6.45, 7) is 5.09. The molecule has 2 aromatic rings. The molecule has 0 bridgehead atoms. The normalized spacial score (nSPS) is 19.5. The fraction of sp³-hybridized carbons (Fsp3) is 0.455. The number of piperidine rings is 1. The van der Waals surface area contributed by atoms with Crippen LogP contribution in [0, 0.1) is 5.92 Å². The lowest BCUT2D eigenvalue weighted by Crippen LogP contribution is -2.52. The van der Waals surface area contributed by atoms with Gasteiger partial charge >= 0.3 is 0 Å². The zero-order chi connectivity index (χ0) is 22.1. The molecule has 0 saturated carbocycles. The molecule has 4 N–H and O–H groups in total. The van der Waals surface area contributed by atoms with Crippen LogP contribution in [0.4, 0.5) is 5.13 Å². The van der Waals surface area contributed by atoms with Crippen molar-refractivity contribution in [3.63, 3.8) is 0 Å². The van der Waals surface area contributed by atoms with Gasteiger partial charge in [0.2, 0.25) is 11.8 Å². The van der Waals surface area contributed by atoms with Crippen molar-refractivity contribution in [2.45, 2.75) is 58.3 Å². The molecular weight excluding hydrogens is 414 g/mol. The van der Waals surface area contributed by atoms with E-state index >= 15 is 0 Å². The van der Waals surface area contributed by atoms with Gasteiger partial charge in [0.25, 0.3) is 5.91 Å². The zero-order valence-corrected chi connectivity index (χ0v) is 18.5. The number of nitrogens with two attached hydrogens (primary N) is 1. The largest absolute Gasteiger partial charge is 0.357 e. The van der Waals surface area contributed by atoms with Crippen LogP contribution in [0.15, 0.2) is 23.6 Å². The number of hydrogen-bond acceptors (Lipinski definition) is 7. The van der Waals surface area contributed by atoms with Gasteiger partial charge in [-0.25, -0.2) is 4.98 Å². The minimum absolute atomic E-state index is 0.0866. The number of nitrogens with zero attached hydrogens (tertiary/aromatic N) is 2. The van der Waals surface area contributed by atoms with Crippen molar-refractivity contribution in [1.29, 1.82) is 0 Å². The van der Waals surface area contributed by atoms with Crippen LogP contribution < -0.4 is 16.4 Å². The quantitative estimate of drug-likeness (QED) is 0.569. The van der Waals surface area contributed by atoms with Crippen molar-refractivity contribution in [1.82, 2.24) is 15.2 Å². The van der Waals surface area contributed by atoms with Crippen LogP contribution in [-0.4, -0.2) is 33.6 Å². The molecule has 0 spiro atoms. The summed E-state index contributed by atoms with van der Waals surface area (Å²) >= 11 is 1.50. The number of thiazole rings is 1. The summed E-state index contributed by atoms with van der Waals surface area (Å²) in [5, 5.41) is 8.38. The van der Waals surface area contributed by atoms with Gasteiger partial charge in [-0.2, -0.15) is 0 Å². The van der Waals surface area contributed by atoms with Gasteiger partial charge in [-0.3, -0.25) is 19.7 Å². The van der Waals surface area contributed by atoms with Gasteiger partial charge in [-0.15, -0.1) is 11.3 Å². The Hall–Kier alpha value is -2.78. The van der Waals surface area contributed by atoms with Crippen LogP contribution in [0.25, 0.3) is 0 Å². The first kappa shape index (κ1) is 21.5. The molecule has 1 saturated heterocycles. The van der Waals surface area contributed by atoms with E-state index < -0.39 is 11.9 Å². The first-order valence-electron chi connectivity index (χ1n) is 10.5. The van der Waals surface area contributed by atoms with Crippen molar-refractivity contribution >= 4 is 34.2 Å². The summed E-state index contributed by atoms with van der Waals surface area (Å²) < 4.78 is 0. The van der Waals surface area contributed by atoms with E-state index in [1.807, 2.05) is 23.6 Å². The Balaban J connectivity index is 1.46. The number of amides is 3. The maximum Gasteiger partial charge on any atom is 0.255 e. The third-order valence-electron chi connectivity index (χ3n) is 5.70. The van der Waals surface area contributed by atoms with Crippen LogP contribution in [-0.2, 0) is 22.7 Å². The van der Waals surface area contributed by atoms with E-state index in [1.165, 1.54) is 11.3 Å². The lowest BCUT2D eigenvalue weighted by molar-refractivity contribution is -0.136. The Morgan fingerprint density at radius 3 is 2.87 bits per heavy atom. The Kier molecular flexibility index (Phi) is 6.06. The summed E-state index contributed by atoms with van der Waals surface area (Å²) in [5.41, 5.74) is 9.49. The molecule has 3 heterocycles. The van der Waals surface area contributed by atoms with E-state index in [2.05, 4.69) is 29.5 Å². The van der Waals surface area contributed by atoms with E-state index in [1.54, 1.807) is 4.90 Å². The van der Waals surface area contributed by atoms with E-state index in [0.29, 0.717) is 31.0 Å². The molecule has 164 valence electrons. The van der Waals surface area contributed by atoms with Crippen molar-refractivity contribution in [3.8, 4) is 0 Å². The molecule has 31 heavy (non-hydrogen) atoms. The third kappa shape index (κ3) is 4.47. The third-order valence-corrected chi connectivity index (χ3v) is 6.51. The maximum atomic E-state index is 13.2. The summed E-state index contributed by atoms with van der Waals surface area (Å²) in [6.07, 6.45) is 1.48. The second kappa shape index (κ2) is 8.76. The van der Waals surface area contributed by atoms with Crippen LogP contribution in [0.5, 0.6) is 0 Å². The number of fused-ring (bicyclic) bond motifs is 1. The Morgan fingerprint density at radius 1 is 1.32 bits per heavy atom. The molecule has 4 rings (SSSR count). The first-order valence-corrected chi connectivity index (χ1v) is 11.4. The van der Waals surface area contributed by atoms with Gasteiger partial charge in [-0.1, -0.05) is 32.0 Å². The predicted molar refractivity (Wildman–Crippen MR) is 118 cm³/mol. The first-order chi connectivity index (χ1) is 14.8. The molecule has 1 aromatic carbocycles. The van der Waals surface area contributed by atoms with E-state index in [9.17, 15) is 14.4 Å². The summed E-state index contributed by atoms with van der Waals surface area (Å²) in [7, 11) is 0. The number of nitrogens with one attached hydrogen (secondary N) is 2. The number of rotatable bonds is 7. The minimum Gasteiger partial charge on any atom is -0.357 e. The second-order valence-electron chi connectivity index (χ2n) is 8.52. The van der Waals surface area contributed by atoms with Crippen LogP contribution in [0.1, 0.15) is 66.3 Å². The van der Waals surface area contributed by atoms with Crippen LogP contribution in [0.2, 0.25) is 0 Å². The molecule has 2 atom stereocenters. The SMILES string of the molecule is CC(C)C[C@H](N)c1csc(NCc2cccc3c2C(=O)N(C2CCC(=O)NC2=O)C3)n1. The molecule has 0 radical (unpaired) electrons. The summed E-state index contributed by atoms with van der Waals surface area (Å²) in [6, 6.07) is 5.05. The Labute approximate surface area is 185 Å². The molecule has 2 aliphatic heterocycles. The van der Waals surface area contributed by atoms with Gasteiger partial charge in [0.1, 0.15) is 6.04 Å². The number of benzene rings is 1. The van der Waals surface area contributed by atoms with Crippen LogP contribution in [0.3, 0.4) is 0 Å².